The minimum atomic E-state index is -4.10. The molecule has 0 aromatic heterocycles. The summed E-state index contributed by atoms with van der Waals surface area (Å²) in [4.78, 5) is 39.9. The summed E-state index contributed by atoms with van der Waals surface area (Å²) in [6.45, 7) is 4.45. The predicted molar refractivity (Wildman–Crippen MR) is 164 cm³/mol. The molecule has 224 valence electrons. The molecule has 2 amide bonds. The minimum absolute atomic E-state index is 0.0745. The van der Waals surface area contributed by atoms with Crippen LogP contribution in [0.4, 0.5) is 11.4 Å². The molecule has 0 aliphatic carbocycles. The van der Waals surface area contributed by atoms with E-state index in [0.717, 1.165) is 22.2 Å². The van der Waals surface area contributed by atoms with Crippen molar-refractivity contribution < 1.29 is 22.9 Å². The maximum absolute atomic E-state index is 14.1. The molecule has 0 spiro atoms. The lowest BCUT2D eigenvalue weighted by Gasteiger charge is -2.35. The molecule has 13 heteroatoms. The number of benzene rings is 3. The third kappa shape index (κ3) is 8.91. The summed E-state index contributed by atoms with van der Waals surface area (Å²) in [5.74, 6) is -1.21. The Morgan fingerprint density at radius 3 is 2.12 bits per heavy atom. The van der Waals surface area contributed by atoms with Gasteiger partial charge in [-0.1, -0.05) is 65.7 Å². The molecule has 0 aliphatic heterocycles. The maximum atomic E-state index is 14.1. The van der Waals surface area contributed by atoms with Gasteiger partial charge in [0.25, 0.3) is 5.69 Å². The predicted octanol–water partition coefficient (Wildman–Crippen LogP) is 5.22. The molecule has 0 unspecified atom stereocenters. The fourth-order valence-corrected chi connectivity index (χ4v) is 5.59. The first-order valence-electron chi connectivity index (χ1n) is 12.9. The van der Waals surface area contributed by atoms with Crippen molar-refractivity contribution in [1.29, 1.82) is 0 Å². The van der Waals surface area contributed by atoms with Gasteiger partial charge in [0.15, 0.2) is 0 Å². The molecule has 1 N–H and O–H groups in total. The first-order valence-corrected chi connectivity index (χ1v) is 15.5. The van der Waals surface area contributed by atoms with Crippen LogP contribution in [0.5, 0.6) is 0 Å². The molecule has 0 saturated heterocycles. The maximum Gasteiger partial charge on any atom is 0.271 e. The third-order valence-electron chi connectivity index (χ3n) is 6.17. The van der Waals surface area contributed by atoms with Gasteiger partial charge in [-0.2, -0.15) is 0 Å². The number of hydrogen-bond donors (Lipinski definition) is 1. The molecule has 3 aromatic rings. The molecular weight excluding hydrogens is 603 g/mol. The Kier molecular flexibility index (Phi) is 10.6. The Bertz CT molecular complexity index is 1540. The number of rotatable bonds is 11. The van der Waals surface area contributed by atoms with Crippen LogP contribution in [0.1, 0.15) is 31.9 Å². The number of nitro groups is 1. The van der Waals surface area contributed by atoms with Crippen molar-refractivity contribution in [3.05, 3.63) is 104 Å². The highest BCUT2D eigenvalue weighted by molar-refractivity contribution is 7.92. The second-order valence-electron chi connectivity index (χ2n) is 10.7. The number of carbonyl (C=O) groups excluding carboxylic acids is 2. The molecule has 0 saturated carbocycles. The standard InChI is InChI=1S/C29H32Cl2N4O6S/c1-29(2,3)32-28(37)26(16-20-10-6-5-7-11-20)33(18-23-24(30)14-9-15-25(23)31)27(36)19-34(42(4,40)41)21-12-8-13-22(17-21)35(38)39/h5-15,17,26H,16,18-19H2,1-4H3,(H,32,37)/t26-/m0/s1. The van der Waals surface area contributed by atoms with Gasteiger partial charge in [0.05, 0.1) is 16.9 Å². The van der Waals surface area contributed by atoms with E-state index < -0.39 is 44.9 Å². The Hall–Kier alpha value is -3.67. The minimum Gasteiger partial charge on any atom is -0.350 e. The van der Waals surface area contributed by atoms with Crippen molar-refractivity contribution in [2.75, 3.05) is 17.1 Å². The molecule has 0 fully saturated rings. The quantitative estimate of drug-likeness (QED) is 0.227. The van der Waals surface area contributed by atoms with E-state index in [1.54, 1.807) is 51.1 Å². The summed E-state index contributed by atoms with van der Waals surface area (Å²) < 4.78 is 26.5. The van der Waals surface area contributed by atoms with E-state index in [0.29, 0.717) is 5.56 Å². The van der Waals surface area contributed by atoms with Crippen molar-refractivity contribution in [2.45, 2.75) is 45.3 Å². The molecule has 0 bridgehead atoms. The average molecular weight is 636 g/mol. The molecule has 0 heterocycles. The smallest absolute Gasteiger partial charge is 0.271 e. The topological polar surface area (TPSA) is 130 Å². The van der Waals surface area contributed by atoms with Crippen molar-refractivity contribution >= 4 is 56.4 Å². The molecule has 10 nitrogen and oxygen atoms in total. The van der Waals surface area contributed by atoms with Crippen LogP contribution < -0.4 is 9.62 Å². The fourth-order valence-electron chi connectivity index (χ4n) is 4.24. The van der Waals surface area contributed by atoms with Gasteiger partial charge >= 0.3 is 0 Å². The first-order chi connectivity index (χ1) is 19.6. The summed E-state index contributed by atoms with van der Waals surface area (Å²) in [5.41, 5.74) is 0.0598. The van der Waals surface area contributed by atoms with Crippen LogP contribution in [0.25, 0.3) is 0 Å². The van der Waals surface area contributed by atoms with E-state index in [-0.39, 0.29) is 34.4 Å². The largest absolute Gasteiger partial charge is 0.350 e. The van der Waals surface area contributed by atoms with Crippen LogP contribution in [0.3, 0.4) is 0 Å². The highest BCUT2D eigenvalue weighted by Crippen LogP contribution is 2.29. The Balaban J connectivity index is 2.14. The van der Waals surface area contributed by atoms with E-state index in [2.05, 4.69) is 5.32 Å². The second kappa shape index (κ2) is 13.5. The molecule has 42 heavy (non-hydrogen) atoms. The summed E-state index contributed by atoms with van der Waals surface area (Å²) in [7, 11) is -4.10. The lowest BCUT2D eigenvalue weighted by atomic mass is 10.0. The van der Waals surface area contributed by atoms with Crippen LogP contribution in [0.2, 0.25) is 10.0 Å². The van der Waals surface area contributed by atoms with E-state index >= 15 is 0 Å². The molecule has 0 aliphatic rings. The van der Waals surface area contributed by atoms with Gasteiger partial charge in [0.2, 0.25) is 21.8 Å². The van der Waals surface area contributed by atoms with E-state index in [4.69, 9.17) is 23.2 Å². The molecular formula is C29H32Cl2N4O6S. The van der Waals surface area contributed by atoms with Gasteiger partial charge in [-0.05, 0) is 44.5 Å². The van der Waals surface area contributed by atoms with Gasteiger partial charge in [-0.15, -0.1) is 0 Å². The normalized spacial score (nSPS) is 12.3. The van der Waals surface area contributed by atoms with Gasteiger partial charge in [-0.3, -0.25) is 24.0 Å². The number of nitro benzene ring substituents is 1. The zero-order valence-electron chi connectivity index (χ0n) is 23.6. The van der Waals surface area contributed by atoms with E-state index in [9.17, 15) is 28.1 Å². The molecule has 1 atom stereocenters. The number of hydrogen-bond acceptors (Lipinski definition) is 6. The van der Waals surface area contributed by atoms with Gasteiger partial charge in [0, 0.05) is 46.2 Å². The number of nitrogens with zero attached hydrogens (tertiary/aromatic N) is 3. The summed E-state index contributed by atoms with van der Waals surface area (Å²) >= 11 is 12.9. The zero-order chi connectivity index (χ0) is 31.2. The first kappa shape index (κ1) is 32.8. The number of anilines is 1. The molecule has 3 rings (SSSR count). The van der Waals surface area contributed by atoms with Gasteiger partial charge in [-0.25, -0.2) is 8.42 Å². The van der Waals surface area contributed by atoms with Crippen LogP contribution >= 0.6 is 23.2 Å². The average Bonchev–Trinajstić information content (AvgIpc) is 2.89. The number of sulfonamides is 1. The van der Waals surface area contributed by atoms with Crippen LogP contribution in [-0.4, -0.2) is 54.4 Å². The Morgan fingerprint density at radius 2 is 1.57 bits per heavy atom. The highest BCUT2D eigenvalue weighted by atomic mass is 35.5. The monoisotopic (exact) mass is 634 g/mol. The van der Waals surface area contributed by atoms with E-state index in [1.165, 1.54) is 23.1 Å². The van der Waals surface area contributed by atoms with Crippen molar-refractivity contribution in [2.24, 2.45) is 0 Å². The zero-order valence-corrected chi connectivity index (χ0v) is 25.9. The lowest BCUT2D eigenvalue weighted by Crippen LogP contribution is -2.56. The summed E-state index contributed by atoms with van der Waals surface area (Å²) in [5, 5.41) is 14.8. The number of nitrogens with one attached hydrogen (secondary N) is 1. The second-order valence-corrected chi connectivity index (χ2v) is 13.4. The summed E-state index contributed by atoms with van der Waals surface area (Å²) in [6, 6.07) is 17.7. The number of amides is 2. The third-order valence-corrected chi connectivity index (χ3v) is 8.02. The van der Waals surface area contributed by atoms with Crippen molar-refractivity contribution in [3.8, 4) is 0 Å². The van der Waals surface area contributed by atoms with Crippen molar-refractivity contribution in [1.82, 2.24) is 10.2 Å². The SMILES string of the molecule is CC(C)(C)NC(=O)[C@H](Cc1ccccc1)N(Cc1c(Cl)cccc1Cl)C(=O)CN(c1cccc([N+](=O)[O-])c1)S(C)(=O)=O. The van der Waals surface area contributed by atoms with Gasteiger partial charge < -0.3 is 10.2 Å². The molecule has 0 radical (unpaired) electrons. The lowest BCUT2D eigenvalue weighted by molar-refractivity contribution is -0.384. The fraction of sp³-hybridized carbons (Fsp3) is 0.310. The molecule has 3 aromatic carbocycles. The highest BCUT2D eigenvalue weighted by Gasteiger charge is 2.35. The van der Waals surface area contributed by atoms with Crippen LogP contribution in [0, 0.1) is 10.1 Å². The van der Waals surface area contributed by atoms with E-state index in [1.807, 2.05) is 18.2 Å². The van der Waals surface area contributed by atoms with Gasteiger partial charge in [0.1, 0.15) is 12.6 Å². The number of non-ortho nitro benzene ring substituents is 1. The summed E-state index contributed by atoms with van der Waals surface area (Å²) in [6.07, 6.45) is 0.994. The van der Waals surface area contributed by atoms with Crippen LogP contribution in [-0.2, 0) is 32.6 Å². The number of halogens is 2. The van der Waals surface area contributed by atoms with Crippen LogP contribution in [0.15, 0.2) is 72.8 Å². The number of carbonyl (C=O) groups is 2. The van der Waals surface area contributed by atoms with Crippen molar-refractivity contribution in [3.63, 3.8) is 0 Å². The Labute approximate surface area is 255 Å². The Morgan fingerprint density at radius 1 is 0.976 bits per heavy atom.